The number of aliphatic hydroxyl groups is 1. The molecule has 4 rings (SSSR count). The van der Waals surface area contributed by atoms with Crippen molar-refractivity contribution >= 4 is 27.0 Å². The molecule has 34 heavy (non-hydrogen) atoms. The van der Waals surface area contributed by atoms with Gasteiger partial charge >= 0.3 is 0 Å². The Morgan fingerprint density at radius 1 is 1.15 bits per heavy atom. The van der Waals surface area contributed by atoms with Crippen molar-refractivity contribution in [3.63, 3.8) is 0 Å². The summed E-state index contributed by atoms with van der Waals surface area (Å²) < 4.78 is 29.6. The van der Waals surface area contributed by atoms with Gasteiger partial charge in [-0.15, -0.1) is 0 Å². The maximum Gasteiger partial charge on any atom is 0.240 e. The summed E-state index contributed by atoms with van der Waals surface area (Å²) in [5.74, 6) is 0.575. The number of nitrogens with one attached hydrogen (secondary N) is 2. The molecule has 0 bridgehead atoms. The number of fused-ring (bicyclic) bond motifs is 1. The summed E-state index contributed by atoms with van der Waals surface area (Å²) in [7, 11) is -3.57. The Bertz CT molecular complexity index is 1220. The summed E-state index contributed by atoms with van der Waals surface area (Å²) >= 11 is 0. The normalized spacial score (nSPS) is 19.1. The van der Waals surface area contributed by atoms with Crippen molar-refractivity contribution in [3.05, 3.63) is 30.5 Å². The summed E-state index contributed by atoms with van der Waals surface area (Å²) in [5, 5.41) is 19.0. The number of nitrogens with zero attached hydrogens (tertiary/aromatic N) is 4. The first-order valence-corrected chi connectivity index (χ1v) is 13.6. The predicted molar refractivity (Wildman–Crippen MR) is 133 cm³/mol. The molecule has 3 aromatic rings. The van der Waals surface area contributed by atoms with Crippen molar-refractivity contribution in [1.29, 1.82) is 0 Å². The highest BCUT2D eigenvalue weighted by atomic mass is 32.2. The first-order chi connectivity index (χ1) is 16.3. The fourth-order valence-corrected chi connectivity index (χ4v) is 5.58. The van der Waals surface area contributed by atoms with Crippen LogP contribution in [-0.2, 0) is 10.0 Å². The van der Waals surface area contributed by atoms with E-state index in [1.54, 1.807) is 44.3 Å². The average molecular weight is 487 g/mol. The van der Waals surface area contributed by atoms with Gasteiger partial charge in [-0.1, -0.05) is 25.5 Å². The monoisotopic (exact) mass is 486 g/mol. The fourth-order valence-electron chi connectivity index (χ4n) is 4.33. The van der Waals surface area contributed by atoms with Crippen LogP contribution in [0.2, 0.25) is 0 Å². The van der Waals surface area contributed by atoms with Crippen molar-refractivity contribution in [3.8, 4) is 11.3 Å². The molecule has 1 fully saturated rings. The molecule has 1 aliphatic carbocycles. The summed E-state index contributed by atoms with van der Waals surface area (Å²) in [6, 6.07) is 6.72. The van der Waals surface area contributed by atoms with Gasteiger partial charge in [0.1, 0.15) is 5.69 Å². The number of rotatable bonds is 9. The largest absolute Gasteiger partial charge is 0.393 e. The molecule has 0 atom stereocenters. The maximum atomic E-state index is 12.5. The molecule has 1 aromatic carbocycles. The molecule has 10 heteroatoms. The molecule has 3 N–H and O–H groups in total. The van der Waals surface area contributed by atoms with Gasteiger partial charge in [0.15, 0.2) is 5.65 Å². The molecule has 0 amide bonds. The second kappa shape index (κ2) is 10.4. The van der Waals surface area contributed by atoms with Crippen LogP contribution in [0.4, 0.5) is 5.95 Å². The zero-order valence-corrected chi connectivity index (χ0v) is 20.8. The molecule has 2 aromatic heterocycles. The van der Waals surface area contributed by atoms with Crippen molar-refractivity contribution < 1.29 is 13.5 Å². The molecular formula is C24H34N6O3S. The smallest absolute Gasteiger partial charge is 0.240 e. The molecule has 0 aliphatic heterocycles. The van der Waals surface area contributed by atoms with Gasteiger partial charge in [0, 0.05) is 24.3 Å². The lowest BCUT2D eigenvalue weighted by Gasteiger charge is -2.25. The van der Waals surface area contributed by atoms with E-state index in [4.69, 9.17) is 10.1 Å². The molecule has 1 saturated carbocycles. The Morgan fingerprint density at radius 2 is 1.85 bits per heavy atom. The van der Waals surface area contributed by atoms with E-state index in [1.165, 1.54) is 0 Å². The molecule has 0 saturated heterocycles. The highest BCUT2D eigenvalue weighted by Crippen LogP contribution is 2.34. The van der Waals surface area contributed by atoms with E-state index < -0.39 is 10.0 Å². The minimum Gasteiger partial charge on any atom is -0.393 e. The van der Waals surface area contributed by atoms with Crippen molar-refractivity contribution in [2.75, 3.05) is 11.9 Å². The van der Waals surface area contributed by atoms with Gasteiger partial charge in [0.05, 0.1) is 22.4 Å². The van der Waals surface area contributed by atoms with Gasteiger partial charge in [-0.25, -0.2) is 22.8 Å². The Kier molecular flexibility index (Phi) is 7.49. The lowest BCUT2D eigenvalue weighted by atomic mass is 9.93. The molecule has 184 valence electrons. The topological polar surface area (TPSA) is 122 Å². The highest BCUT2D eigenvalue weighted by molar-refractivity contribution is 7.89. The van der Waals surface area contributed by atoms with E-state index >= 15 is 0 Å². The quantitative estimate of drug-likeness (QED) is 0.393. The standard InChI is InChI=1S/C24H34N6O3S/c1-4-5-14-25-24-26-15-21-22(17-6-12-20(13-7-17)34(32,33)29-16(2)3)28-30(23(21)27-24)18-8-10-19(31)11-9-18/h6-7,12-13,15-16,18-19,29,31H,4-5,8-11,14H2,1-3H3,(H,25,26,27). The third-order valence-corrected chi connectivity index (χ3v) is 7.78. The maximum absolute atomic E-state index is 12.5. The van der Waals surface area contributed by atoms with Crippen LogP contribution in [0.25, 0.3) is 22.3 Å². The van der Waals surface area contributed by atoms with Crippen LogP contribution in [0.3, 0.4) is 0 Å². The number of benzene rings is 1. The molecule has 2 heterocycles. The Labute approximate surface area is 201 Å². The van der Waals surface area contributed by atoms with E-state index in [9.17, 15) is 13.5 Å². The second-order valence-corrected chi connectivity index (χ2v) is 11.0. The van der Waals surface area contributed by atoms with Crippen molar-refractivity contribution in [1.82, 2.24) is 24.5 Å². The zero-order chi connectivity index (χ0) is 24.3. The first kappa shape index (κ1) is 24.6. The summed E-state index contributed by atoms with van der Waals surface area (Å²) in [6.45, 7) is 6.53. The van der Waals surface area contributed by atoms with E-state index in [1.807, 2.05) is 4.68 Å². The van der Waals surface area contributed by atoms with Crippen LogP contribution < -0.4 is 10.0 Å². The summed E-state index contributed by atoms with van der Waals surface area (Å²) in [4.78, 5) is 9.51. The number of sulfonamides is 1. The number of anilines is 1. The summed E-state index contributed by atoms with van der Waals surface area (Å²) in [6.07, 6.45) is 6.79. The SMILES string of the molecule is CCCCNc1ncc2c(-c3ccc(S(=O)(=O)NC(C)C)cc3)nn(C3CCC(O)CC3)c2n1. The minimum atomic E-state index is -3.57. The average Bonchev–Trinajstić information content (AvgIpc) is 3.18. The number of hydrogen-bond acceptors (Lipinski definition) is 7. The molecule has 0 spiro atoms. The third-order valence-electron chi connectivity index (χ3n) is 6.10. The molecule has 9 nitrogen and oxygen atoms in total. The van der Waals surface area contributed by atoms with Crippen LogP contribution >= 0.6 is 0 Å². The predicted octanol–water partition coefficient (Wildman–Crippen LogP) is 3.87. The van der Waals surface area contributed by atoms with E-state index in [2.05, 4.69) is 21.9 Å². The van der Waals surface area contributed by atoms with Gasteiger partial charge in [-0.05, 0) is 58.1 Å². The highest BCUT2D eigenvalue weighted by Gasteiger charge is 2.26. The minimum absolute atomic E-state index is 0.146. The summed E-state index contributed by atoms with van der Waals surface area (Å²) in [5.41, 5.74) is 2.28. The zero-order valence-electron chi connectivity index (χ0n) is 20.0. The number of aliphatic hydroxyl groups excluding tert-OH is 1. The molecule has 1 aliphatic rings. The van der Waals surface area contributed by atoms with Crippen molar-refractivity contribution in [2.24, 2.45) is 0 Å². The van der Waals surface area contributed by atoms with Crippen LogP contribution in [-0.4, -0.2) is 52.0 Å². The Morgan fingerprint density at radius 3 is 2.50 bits per heavy atom. The lowest BCUT2D eigenvalue weighted by molar-refractivity contribution is 0.109. The van der Waals surface area contributed by atoms with Gasteiger partial charge < -0.3 is 10.4 Å². The third kappa shape index (κ3) is 5.39. The second-order valence-electron chi connectivity index (χ2n) is 9.27. The van der Waals surface area contributed by atoms with E-state index in [-0.39, 0.29) is 23.1 Å². The van der Waals surface area contributed by atoms with Crippen LogP contribution in [0.1, 0.15) is 65.3 Å². The molecular weight excluding hydrogens is 452 g/mol. The van der Waals surface area contributed by atoms with Gasteiger partial charge in [0.25, 0.3) is 0 Å². The van der Waals surface area contributed by atoms with E-state index in [0.717, 1.165) is 67.4 Å². The van der Waals surface area contributed by atoms with Crippen LogP contribution in [0.5, 0.6) is 0 Å². The van der Waals surface area contributed by atoms with Gasteiger partial charge in [-0.3, -0.25) is 0 Å². The number of hydrogen-bond donors (Lipinski definition) is 3. The van der Waals surface area contributed by atoms with Gasteiger partial charge in [-0.2, -0.15) is 10.1 Å². The number of aromatic nitrogens is 4. The first-order valence-electron chi connectivity index (χ1n) is 12.1. The Balaban J connectivity index is 1.72. The van der Waals surface area contributed by atoms with Crippen molar-refractivity contribution in [2.45, 2.75) is 82.4 Å². The van der Waals surface area contributed by atoms with Gasteiger partial charge in [0.2, 0.25) is 16.0 Å². The lowest BCUT2D eigenvalue weighted by Crippen LogP contribution is -2.30. The van der Waals surface area contributed by atoms with Crippen LogP contribution in [0, 0.1) is 0 Å². The van der Waals surface area contributed by atoms with E-state index in [0.29, 0.717) is 5.95 Å². The van der Waals surface area contributed by atoms with Crippen LogP contribution in [0.15, 0.2) is 35.4 Å². The number of unbranched alkanes of at least 4 members (excludes halogenated alkanes) is 1. The molecule has 0 unspecified atom stereocenters. The molecule has 0 radical (unpaired) electrons. The fraction of sp³-hybridized carbons (Fsp3) is 0.542. The Hall–Kier alpha value is -2.56.